The van der Waals surface area contributed by atoms with E-state index in [1.165, 1.54) is 0 Å². The van der Waals surface area contributed by atoms with Crippen LogP contribution in [0.25, 0.3) is 0 Å². The summed E-state index contributed by atoms with van der Waals surface area (Å²) in [5.41, 5.74) is 9.04. The zero-order chi connectivity index (χ0) is 21.3. The van der Waals surface area contributed by atoms with E-state index in [1.807, 2.05) is 58.0 Å². The van der Waals surface area contributed by atoms with Crippen LogP contribution in [0.2, 0.25) is 0 Å². The summed E-state index contributed by atoms with van der Waals surface area (Å²) in [5.74, 6) is -0.0685. The molecule has 0 radical (unpaired) electrons. The molecule has 0 amide bonds. The van der Waals surface area contributed by atoms with E-state index in [0.29, 0.717) is 37.2 Å². The minimum atomic E-state index is -0.282. The first-order chi connectivity index (χ1) is 13.7. The summed E-state index contributed by atoms with van der Waals surface area (Å²) in [6, 6.07) is 9.49. The standard InChI is InChI=1S/C22H24BrN3O2Se/c1-11(2)25-15-9-13(23)21(27)19-16(26-12(3)4)10-18(22(28)20(15)19)29-17-8-6-5-7-14(17)24/h5-12,25,27H,24H2,1-4H3. The van der Waals surface area contributed by atoms with Crippen molar-refractivity contribution in [3.63, 3.8) is 0 Å². The number of allylic oxidation sites excluding steroid dienone is 2. The molecule has 1 aliphatic carbocycles. The maximum atomic E-state index is 13.5. The third kappa shape index (κ3) is 4.58. The Balaban J connectivity index is 2.22. The number of nitrogens with two attached hydrogens (primary N) is 1. The molecule has 5 nitrogen and oxygen atoms in total. The van der Waals surface area contributed by atoms with Crippen molar-refractivity contribution >= 4 is 58.2 Å². The second kappa shape index (κ2) is 8.74. The summed E-state index contributed by atoms with van der Waals surface area (Å²) in [5, 5.41) is 14.1. The van der Waals surface area contributed by atoms with Crippen LogP contribution < -0.4 is 15.5 Å². The van der Waals surface area contributed by atoms with Crippen LogP contribution in [-0.4, -0.2) is 43.6 Å². The van der Waals surface area contributed by atoms with E-state index in [2.05, 4.69) is 21.2 Å². The molecule has 4 N–H and O–H groups in total. The molecule has 3 rings (SSSR count). The van der Waals surface area contributed by atoms with Gasteiger partial charge in [0.1, 0.15) is 0 Å². The summed E-state index contributed by atoms with van der Waals surface area (Å²) < 4.78 is 2.14. The van der Waals surface area contributed by atoms with Gasteiger partial charge in [0.05, 0.1) is 0 Å². The van der Waals surface area contributed by atoms with Gasteiger partial charge in [0.25, 0.3) is 0 Å². The summed E-state index contributed by atoms with van der Waals surface area (Å²) in [4.78, 5) is 18.2. The fourth-order valence-electron chi connectivity index (χ4n) is 3.08. The number of phenolic OH excluding ortho intramolecular Hbond substituents is 1. The van der Waals surface area contributed by atoms with E-state index >= 15 is 0 Å². The Morgan fingerprint density at radius 1 is 1.17 bits per heavy atom. The predicted octanol–water partition coefficient (Wildman–Crippen LogP) is 3.86. The van der Waals surface area contributed by atoms with Gasteiger partial charge in [-0.15, -0.1) is 0 Å². The van der Waals surface area contributed by atoms with Crippen LogP contribution in [0.15, 0.2) is 50.3 Å². The number of rotatable bonds is 5. The molecular formula is C22H24BrN3O2Se. The van der Waals surface area contributed by atoms with Crippen LogP contribution in [0.3, 0.4) is 0 Å². The molecule has 0 unspecified atom stereocenters. The van der Waals surface area contributed by atoms with Crippen molar-refractivity contribution in [3.05, 3.63) is 56.5 Å². The first-order valence-electron chi connectivity index (χ1n) is 9.38. The monoisotopic (exact) mass is 521 g/mol. The summed E-state index contributed by atoms with van der Waals surface area (Å²) >= 11 is 3.14. The van der Waals surface area contributed by atoms with Crippen molar-refractivity contribution in [2.24, 2.45) is 4.99 Å². The topological polar surface area (TPSA) is 87.7 Å². The van der Waals surface area contributed by atoms with Gasteiger partial charge in [0.15, 0.2) is 0 Å². The number of hydrogen-bond acceptors (Lipinski definition) is 5. The number of benzene rings is 2. The van der Waals surface area contributed by atoms with Crippen molar-refractivity contribution in [1.82, 2.24) is 0 Å². The van der Waals surface area contributed by atoms with E-state index in [1.54, 1.807) is 6.07 Å². The molecule has 0 saturated carbocycles. The number of nitrogens with one attached hydrogen (secondary N) is 1. The quantitative estimate of drug-likeness (QED) is 0.317. The van der Waals surface area contributed by atoms with E-state index < -0.39 is 0 Å². The van der Waals surface area contributed by atoms with Gasteiger partial charge >= 0.3 is 186 Å². The average molecular weight is 521 g/mol. The van der Waals surface area contributed by atoms with Gasteiger partial charge in [-0.1, -0.05) is 0 Å². The van der Waals surface area contributed by atoms with Crippen molar-refractivity contribution in [2.45, 2.75) is 39.8 Å². The van der Waals surface area contributed by atoms with E-state index in [0.717, 1.165) is 4.46 Å². The number of halogens is 1. The van der Waals surface area contributed by atoms with E-state index in [9.17, 15) is 9.90 Å². The number of Topliss-reactive ketones (excluding diaryl/α,β-unsaturated/α-hetero) is 1. The van der Waals surface area contributed by atoms with Crippen LogP contribution in [-0.2, 0) is 0 Å². The predicted molar refractivity (Wildman–Crippen MR) is 125 cm³/mol. The second-order valence-electron chi connectivity index (χ2n) is 7.39. The number of ketones is 1. The Kier molecular flexibility index (Phi) is 6.52. The molecule has 29 heavy (non-hydrogen) atoms. The second-order valence-corrected chi connectivity index (χ2v) is 10.5. The molecular weight excluding hydrogens is 497 g/mol. The molecule has 2 aromatic rings. The minimum absolute atomic E-state index is 0.0118. The Bertz CT molecular complexity index is 1030. The van der Waals surface area contributed by atoms with Crippen molar-refractivity contribution in [3.8, 4) is 5.75 Å². The van der Waals surface area contributed by atoms with Crippen molar-refractivity contribution < 1.29 is 9.90 Å². The number of para-hydroxylation sites is 1. The van der Waals surface area contributed by atoms with Crippen LogP contribution in [0, 0.1) is 0 Å². The Morgan fingerprint density at radius 3 is 2.48 bits per heavy atom. The number of nitrogen functional groups attached to an aromatic ring is 1. The van der Waals surface area contributed by atoms with E-state index in [4.69, 9.17) is 10.7 Å². The molecule has 0 atom stereocenters. The van der Waals surface area contributed by atoms with Gasteiger partial charge < -0.3 is 0 Å². The fraction of sp³-hybridized carbons (Fsp3) is 0.273. The molecule has 1 aliphatic rings. The third-order valence-corrected chi connectivity index (χ3v) is 7.15. The first-order valence-corrected chi connectivity index (χ1v) is 11.9. The zero-order valence-corrected chi connectivity index (χ0v) is 20.1. The SMILES string of the molecule is CC(C)N=C1C=C([Se]c2ccccc2N)C(=O)c2c(NC(C)C)cc(Br)c(O)c21. The number of fused-ring (bicyclic) bond motifs is 1. The molecule has 0 heterocycles. The molecule has 0 saturated heterocycles. The van der Waals surface area contributed by atoms with Gasteiger partial charge in [-0.2, -0.15) is 0 Å². The average Bonchev–Trinajstić information content (AvgIpc) is 2.63. The Labute approximate surface area is 185 Å². The maximum absolute atomic E-state index is 13.5. The van der Waals surface area contributed by atoms with Crippen LogP contribution in [0.4, 0.5) is 11.4 Å². The zero-order valence-electron chi connectivity index (χ0n) is 16.8. The number of phenols is 1. The van der Waals surface area contributed by atoms with Gasteiger partial charge in [0, 0.05) is 0 Å². The van der Waals surface area contributed by atoms with Gasteiger partial charge in [0.2, 0.25) is 0 Å². The van der Waals surface area contributed by atoms with E-state index in [-0.39, 0.29) is 38.6 Å². The first kappa shape index (κ1) is 21.6. The Hall–Kier alpha value is -2.08. The number of nitrogens with zero attached hydrogens (tertiary/aromatic N) is 1. The molecule has 7 heteroatoms. The molecule has 2 aromatic carbocycles. The Morgan fingerprint density at radius 2 is 1.86 bits per heavy atom. The van der Waals surface area contributed by atoms with Crippen LogP contribution >= 0.6 is 15.9 Å². The number of anilines is 2. The van der Waals surface area contributed by atoms with Crippen LogP contribution in [0.1, 0.15) is 43.6 Å². The molecule has 152 valence electrons. The number of aromatic hydroxyl groups is 1. The fourth-order valence-corrected chi connectivity index (χ4v) is 5.47. The number of carbonyl (C=O) groups is 1. The number of hydrogen-bond donors (Lipinski definition) is 3. The summed E-state index contributed by atoms with van der Waals surface area (Å²) in [7, 11) is 0. The van der Waals surface area contributed by atoms with Crippen LogP contribution in [0.5, 0.6) is 5.75 Å². The van der Waals surface area contributed by atoms with Gasteiger partial charge in [-0.3, -0.25) is 0 Å². The summed E-state index contributed by atoms with van der Waals surface area (Å²) in [6.45, 7) is 7.96. The normalized spacial score (nSPS) is 15.1. The third-order valence-electron chi connectivity index (χ3n) is 4.21. The molecule has 0 spiro atoms. The number of aliphatic imine (C=N–C) groups is 1. The van der Waals surface area contributed by atoms with Crippen molar-refractivity contribution in [1.29, 1.82) is 0 Å². The summed E-state index contributed by atoms with van der Waals surface area (Å²) in [6.07, 6.45) is 1.81. The number of carbonyl (C=O) groups excluding carboxylic acids is 1. The molecule has 0 aliphatic heterocycles. The molecule has 0 bridgehead atoms. The molecule has 0 aromatic heterocycles. The molecule has 0 fully saturated rings. The van der Waals surface area contributed by atoms with Gasteiger partial charge in [-0.05, 0) is 0 Å². The van der Waals surface area contributed by atoms with Crippen molar-refractivity contribution in [2.75, 3.05) is 11.1 Å². The van der Waals surface area contributed by atoms with Gasteiger partial charge in [-0.25, -0.2) is 0 Å².